The molecule has 3 aromatic rings. The minimum atomic E-state index is -4.47. The summed E-state index contributed by atoms with van der Waals surface area (Å²) >= 11 is 1.19. The van der Waals surface area contributed by atoms with E-state index in [0.717, 1.165) is 15.0 Å². The Bertz CT molecular complexity index is 836. The van der Waals surface area contributed by atoms with E-state index in [2.05, 4.69) is 4.98 Å². The maximum absolute atomic E-state index is 12.9. The van der Waals surface area contributed by atoms with Crippen molar-refractivity contribution < 1.29 is 18.0 Å². The first kappa shape index (κ1) is 16.5. The maximum Gasteiger partial charge on any atom is 0.406 e. The average Bonchev–Trinajstić information content (AvgIpc) is 3.11. The SMILES string of the molecule is Cn1ccnc1CN(CC(F)(F)F)C(=O)c1cc2ccccc2s1. The molecule has 0 radical (unpaired) electrons. The van der Waals surface area contributed by atoms with Crippen LogP contribution in [-0.2, 0) is 13.6 Å². The molecule has 3 rings (SSSR count). The van der Waals surface area contributed by atoms with E-state index in [0.29, 0.717) is 5.82 Å². The van der Waals surface area contributed by atoms with Gasteiger partial charge in [0.15, 0.2) is 0 Å². The molecule has 126 valence electrons. The second-order valence-corrected chi connectivity index (χ2v) is 6.46. The van der Waals surface area contributed by atoms with Crippen molar-refractivity contribution >= 4 is 27.3 Å². The molecule has 8 heteroatoms. The van der Waals surface area contributed by atoms with E-state index >= 15 is 0 Å². The number of aromatic nitrogens is 2. The van der Waals surface area contributed by atoms with Crippen LogP contribution in [0.5, 0.6) is 0 Å². The minimum Gasteiger partial charge on any atom is -0.337 e. The molecule has 0 saturated carbocycles. The fraction of sp³-hybridized carbons (Fsp3) is 0.250. The highest BCUT2D eigenvalue weighted by atomic mass is 32.1. The number of halogens is 3. The zero-order valence-corrected chi connectivity index (χ0v) is 13.6. The molecule has 0 aliphatic heterocycles. The Morgan fingerprint density at radius 1 is 1.33 bits per heavy atom. The van der Waals surface area contributed by atoms with Crippen molar-refractivity contribution in [2.24, 2.45) is 7.05 Å². The number of rotatable bonds is 4. The van der Waals surface area contributed by atoms with Crippen LogP contribution in [0.4, 0.5) is 13.2 Å². The number of thiophene rings is 1. The van der Waals surface area contributed by atoms with Crippen LogP contribution in [0.1, 0.15) is 15.5 Å². The maximum atomic E-state index is 12.9. The van der Waals surface area contributed by atoms with Crippen molar-refractivity contribution in [3.8, 4) is 0 Å². The van der Waals surface area contributed by atoms with E-state index in [9.17, 15) is 18.0 Å². The van der Waals surface area contributed by atoms with E-state index in [1.807, 2.05) is 24.3 Å². The van der Waals surface area contributed by atoms with Crippen LogP contribution in [0.25, 0.3) is 10.1 Å². The molecule has 0 bridgehead atoms. The standard InChI is InChI=1S/C16H14F3N3OS/c1-21-7-6-20-14(21)9-22(10-16(17,18)19)15(23)13-8-11-4-2-3-5-12(11)24-13/h2-8H,9-10H2,1H3. The predicted octanol–water partition coefficient (Wildman–Crippen LogP) is 3.84. The number of imidazole rings is 1. The van der Waals surface area contributed by atoms with Gasteiger partial charge in [-0.05, 0) is 17.5 Å². The highest BCUT2D eigenvalue weighted by Gasteiger charge is 2.34. The zero-order chi connectivity index (χ0) is 17.3. The van der Waals surface area contributed by atoms with Crippen molar-refractivity contribution in [2.75, 3.05) is 6.54 Å². The summed E-state index contributed by atoms with van der Waals surface area (Å²) in [7, 11) is 1.68. The Kier molecular flexibility index (Phi) is 4.31. The molecule has 0 aliphatic carbocycles. The molecular weight excluding hydrogens is 339 g/mol. The quantitative estimate of drug-likeness (QED) is 0.715. The van der Waals surface area contributed by atoms with Crippen molar-refractivity contribution in [2.45, 2.75) is 12.7 Å². The summed E-state index contributed by atoms with van der Waals surface area (Å²) in [5.74, 6) is -0.245. The Morgan fingerprint density at radius 3 is 2.71 bits per heavy atom. The van der Waals surface area contributed by atoms with Crippen LogP contribution in [0.3, 0.4) is 0 Å². The molecule has 24 heavy (non-hydrogen) atoms. The zero-order valence-electron chi connectivity index (χ0n) is 12.7. The molecule has 0 atom stereocenters. The summed E-state index contributed by atoms with van der Waals surface area (Å²) in [5.41, 5.74) is 0. The molecule has 0 unspecified atom stereocenters. The molecule has 0 saturated heterocycles. The van der Waals surface area contributed by atoms with Gasteiger partial charge in [-0.25, -0.2) is 4.98 Å². The van der Waals surface area contributed by atoms with Gasteiger partial charge in [-0.3, -0.25) is 4.79 Å². The summed E-state index contributed by atoms with van der Waals surface area (Å²) in [6.07, 6.45) is -1.35. The van der Waals surface area contributed by atoms with Gasteiger partial charge in [-0.15, -0.1) is 11.3 Å². The van der Waals surface area contributed by atoms with Gasteiger partial charge in [-0.1, -0.05) is 18.2 Å². The Labute approximate surface area is 140 Å². The van der Waals surface area contributed by atoms with Crippen LogP contribution in [0, 0.1) is 0 Å². The number of aryl methyl sites for hydroxylation is 1. The number of hydrogen-bond acceptors (Lipinski definition) is 3. The summed E-state index contributed by atoms with van der Waals surface area (Å²) in [6, 6.07) is 8.95. The highest BCUT2D eigenvalue weighted by Crippen LogP contribution is 2.28. The van der Waals surface area contributed by atoms with E-state index in [4.69, 9.17) is 0 Å². The molecule has 1 aromatic carbocycles. The number of hydrogen-bond donors (Lipinski definition) is 0. The number of nitrogens with zero attached hydrogens (tertiary/aromatic N) is 3. The number of alkyl halides is 3. The molecular formula is C16H14F3N3OS. The monoisotopic (exact) mass is 353 g/mol. The second-order valence-electron chi connectivity index (χ2n) is 5.38. The van der Waals surface area contributed by atoms with Crippen molar-refractivity contribution in [1.82, 2.24) is 14.5 Å². The minimum absolute atomic E-state index is 0.198. The van der Waals surface area contributed by atoms with E-state index in [1.54, 1.807) is 23.9 Å². The topological polar surface area (TPSA) is 38.1 Å². The van der Waals surface area contributed by atoms with E-state index in [1.165, 1.54) is 17.5 Å². The fourth-order valence-electron chi connectivity index (χ4n) is 2.38. The number of carbonyl (C=O) groups excluding carboxylic acids is 1. The van der Waals surface area contributed by atoms with Crippen molar-refractivity contribution in [1.29, 1.82) is 0 Å². The van der Waals surface area contributed by atoms with Gasteiger partial charge in [-0.2, -0.15) is 13.2 Å². The lowest BCUT2D eigenvalue weighted by molar-refractivity contribution is -0.141. The van der Waals surface area contributed by atoms with Gasteiger partial charge in [0.25, 0.3) is 5.91 Å². The summed E-state index contributed by atoms with van der Waals surface area (Å²) in [5, 5.41) is 0.842. The lowest BCUT2D eigenvalue weighted by atomic mass is 10.2. The number of fused-ring (bicyclic) bond motifs is 1. The van der Waals surface area contributed by atoms with Crippen LogP contribution >= 0.6 is 11.3 Å². The van der Waals surface area contributed by atoms with Gasteiger partial charge in [0.2, 0.25) is 0 Å². The third-order valence-electron chi connectivity index (χ3n) is 3.55. The van der Waals surface area contributed by atoms with Crippen LogP contribution in [0.15, 0.2) is 42.7 Å². The van der Waals surface area contributed by atoms with E-state index < -0.39 is 18.6 Å². The number of benzene rings is 1. The molecule has 2 heterocycles. The third-order valence-corrected chi connectivity index (χ3v) is 4.65. The van der Waals surface area contributed by atoms with Gasteiger partial charge < -0.3 is 9.47 Å². The smallest absolute Gasteiger partial charge is 0.337 e. The van der Waals surface area contributed by atoms with Gasteiger partial charge in [0.1, 0.15) is 12.4 Å². The fourth-order valence-corrected chi connectivity index (χ4v) is 3.41. The average molecular weight is 353 g/mol. The molecule has 0 spiro atoms. The van der Waals surface area contributed by atoms with Gasteiger partial charge >= 0.3 is 6.18 Å². The molecule has 4 nitrogen and oxygen atoms in total. The van der Waals surface area contributed by atoms with Crippen LogP contribution in [-0.4, -0.2) is 33.1 Å². The first-order chi connectivity index (χ1) is 11.3. The van der Waals surface area contributed by atoms with Gasteiger partial charge in [0, 0.05) is 24.1 Å². The van der Waals surface area contributed by atoms with Crippen molar-refractivity contribution in [3.63, 3.8) is 0 Å². The second kappa shape index (κ2) is 6.27. The summed E-state index contributed by atoms with van der Waals surface area (Å²) in [4.78, 5) is 17.7. The summed E-state index contributed by atoms with van der Waals surface area (Å²) < 4.78 is 41.2. The first-order valence-electron chi connectivity index (χ1n) is 7.14. The molecule has 1 amide bonds. The normalized spacial score (nSPS) is 11.8. The number of amides is 1. The Morgan fingerprint density at radius 2 is 2.08 bits per heavy atom. The van der Waals surface area contributed by atoms with Crippen molar-refractivity contribution in [3.05, 3.63) is 53.4 Å². The first-order valence-corrected chi connectivity index (χ1v) is 7.96. The van der Waals surface area contributed by atoms with Crippen LogP contribution in [0.2, 0.25) is 0 Å². The Balaban J connectivity index is 1.91. The molecule has 0 aliphatic rings. The molecule has 0 fully saturated rings. The van der Waals surface area contributed by atoms with Gasteiger partial charge in [0.05, 0.1) is 11.4 Å². The third kappa shape index (κ3) is 3.59. The lowest BCUT2D eigenvalue weighted by Crippen LogP contribution is -2.38. The lowest BCUT2D eigenvalue weighted by Gasteiger charge is -2.23. The Hall–Kier alpha value is -2.35. The molecule has 2 aromatic heterocycles. The largest absolute Gasteiger partial charge is 0.406 e. The summed E-state index contributed by atoms with van der Waals surface area (Å²) in [6.45, 7) is -1.51. The molecule has 0 N–H and O–H groups in total. The predicted molar refractivity (Wildman–Crippen MR) is 85.8 cm³/mol. The van der Waals surface area contributed by atoms with Crippen LogP contribution < -0.4 is 0 Å². The highest BCUT2D eigenvalue weighted by molar-refractivity contribution is 7.20. The number of carbonyl (C=O) groups is 1. The van der Waals surface area contributed by atoms with E-state index in [-0.39, 0.29) is 11.4 Å².